The predicted octanol–water partition coefficient (Wildman–Crippen LogP) is 2.65. The maximum Gasteiger partial charge on any atom is 0.191 e. The number of halogens is 1. The van der Waals surface area contributed by atoms with Gasteiger partial charge in [-0.05, 0) is 69.6 Å². The Kier molecular flexibility index (Phi) is 6.17. The largest absolute Gasteiger partial charge is 0.393 e. The van der Waals surface area contributed by atoms with Crippen molar-refractivity contribution in [3.63, 3.8) is 0 Å². The van der Waals surface area contributed by atoms with Crippen LogP contribution in [0.1, 0.15) is 58.3 Å². The number of nitrogens with one attached hydrogen (secondary N) is 2. The molecule has 0 heterocycles. The average molecular weight is 407 g/mol. The smallest absolute Gasteiger partial charge is 0.191 e. The molecule has 0 aromatic rings. The zero-order valence-electron chi connectivity index (χ0n) is 13.1. The first-order chi connectivity index (χ1) is 9.72. The standard InChI is InChI=1S/C16H29N3O.HI/c1-2-17-15(19-13-5-7-14(20)8-6-13)18-11-16(9-10-16)12-3-4-12;/h12-14,20H,2-11H2,1H3,(H2,17,18,19);1H. The molecule has 3 aliphatic carbocycles. The molecule has 3 saturated carbocycles. The first kappa shape index (κ1) is 17.3. The van der Waals surface area contributed by atoms with Gasteiger partial charge in [0.15, 0.2) is 5.96 Å². The first-order valence-corrected chi connectivity index (χ1v) is 8.45. The SMILES string of the molecule is CCNC(=NCC1(C2CC2)CC1)NC1CCC(O)CC1.I. The quantitative estimate of drug-likeness (QED) is 0.373. The van der Waals surface area contributed by atoms with E-state index < -0.39 is 0 Å². The highest BCUT2D eigenvalue weighted by molar-refractivity contribution is 14.0. The lowest BCUT2D eigenvalue weighted by Crippen LogP contribution is -2.45. The van der Waals surface area contributed by atoms with E-state index in [0.29, 0.717) is 11.5 Å². The second kappa shape index (κ2) is 7.49. The van der Waals surface area contributed by atoms with Crippen LogP contribution in [0.25, 0.3) is 0 Å². The molecule has 3 N–H and O–H groups in total. The van der Waals surface area contributed by atoms with Crippen molar-refractivity contribution in [1.82, 2.24) is 10.6 Å². The number of hydrogen-bond donors (Lipinski definition) is 3. The van der Waals surface area contributed by atoms with Crippen molar-refractivity contribution in [3.8, 4) is 0 Å². The molecular formula is C16H30IN3O. The van der Waals surface area contributed by atoms with Gasteiger partial charge in [-0.2, -0.15) is 0 Å². The Labute approximate surface area is 145 Å². The molecule has 3 fully saturated rings. The van der Waals surface area contributed by atoms with Gasteiger partial charge in [0.1, 0.15) is 0 Å². The van der Waals surface area contributed by atoms with Crippen LogP contribution in [0.3, 0.4) is 0 Å². The summed E-state index contributed by atoms with van der Waals surface area (Å²) >= 11 is 0. The molecule has 0 spiro atoms. The number of rotatable bonds is 5. The van der Waals surface area contributed by atoms with Crippen LogP contribution in [-0.2, 0) is 0 Å². The van der Waals surface area contributed by atoms with E-state index in [1.807, 2.05) is 0 Å². The zero-order chi connectivity index (χ0) is 14.0. The van der Waals surface area contributed by atoms with E-state index in [1.165, 1.54) is 25.7 Å². The average Bonchev–Trinajstić information content (AvgIpc) is 3.31. The molecule has 122 valence electrons. The summed E-state index contributed by atoms with van der Waals surface area (Å²) in [6.07, 6.45) is 9.49. The van der Waals surface area contributed by atoms with Gasteiger partial charge in [-0.25, -0.2) is 0 Å². The Morgan fingerprint density at radius 2 is 1.81 bits per heavy atom. The molecule has 0 atom stereocenters. The fourth-order valence-corrected chi connectivity index (χ4v) is 3.52. The van der Waals surface area contributed by atoms with Gasteiger partial charge in [0.25, 0.3) is 0 Å². The third-order valence-electron chi connectivity index (χ3n) is 5.27. The van der Waals surface area contributed by atoms with Gasteiger partial charge in [-0.1, -0.05) is 0 Å². The van der Waals surface area contributed by atoms with Crippen molar-refractivity contribution in [3.05, 3.63) is 0 Å². The summed E-state index contributed by atoms with van der Waals surface area (Å²) in [6.45, 7) is 4.04. The maximum atomic E-state index is 9.58. The zero-order valence-corrected chi connectivity index (χ0v) is 15.4. The summed E-state index contributed by atoms with van der Waals surface area (Å²) in [4.78, 5) is 4.85. The Morgan fingerprint density at radius 1 is 1.14 bits per heavy atom. The van der Waals surface area contributed by atoms with Gasteiger partial charge in [-0.3, -0.25) is 4.99 Å². The lowest BCUT2D eigenvalue weighted by atomic mass is 9.93. The fraction of sp³-hybridized carbons (Fsp3) is 0.938. The topological polar surface area (TPSA) is 56.7 Å². The second-order valence-electron chi connectivity index (χ2n) is 6.98. The maximum absolute atomic E-state index is 9.58. The fourth-order valence-electron chi connectivity index (χ4n) is 3.52. The summed E-state index contributed by atoms with van der Waals surface area (Å²) in [5, 5.41) is 16.5. The second-order valence-corrected chi connectivity index (χ2v) is 6.98. The molecular weight excluding hydrogens is 377 g/mol. The van der Waals surface area contributed by atoms with Crippen LogP contribution in [-0.4, -0.2) is 36.3 Å². The monoisotopic (exact) mass is 407 g/mol. The molecule has 0 saturated heterocycles. The van der Waals surface area contributed by atoms with Crippen molar-refractivity contribution >= 4 is 29.9 Å². The van der Waals surface area contributed by atoms with E-state index in [9.17, 15) is 5.11 Å². The molecule has 3 aliphatic rings. The van der Waals surface area contributed by atoms with Crippen molar-refractivity contribution in [2.45, 2.75) is 70.4 Å². The van der Waals surface area contributed by atoms with Gasteiger partial charge in [0.2, 0.25) is 0 Å². The number of hydrogen-bond acceptors (Lipinski definition) is 2. The number of nitrogens with zero attached hydrogens (tertiary/aromatic N) is 1. The van der Waals surface area contributed by atoms with Gasteiger partial charge in [0, 0.05) is 19.1 Å². The molecule has 0 aliphatic heterocycles. The van der Waals surface area contributed by atoms with E-state index in [1.54, 1.807) is 0 Å². The van der Waals surface area contributed by atoms with Crippen LogP contribution >= 0.6 is 24.0 Å². The minimum Gasteiger partial charge on any atom is -0.393 e. The highest BCUT2D eigenvalue weighted by atomic mass is 127. The third-order valence-corrected chi connectivity index (χ3v) is 5.27. The molecule has 0 unspecified atom stereocenters. The number of aliphatic hydroxyl groups is 1. The minimum atomic E-state index is -0.0860. The highest BCUT2D eigenvalue weighted by Gasteiger charge is 2.53. The summed E-state index contributed by atoms with van der Waals surface area (Å²) in [5.41, 5.74) is 0.575. The van der Waals surface area contributed by atoms with Gasteiger partial charge >= 0.3 is 0 Å². The summed E-state index contributed by atoms with van der Waals surface area (Å²) in [6, 6.07) is 0.479. The Morgan fingerprint density at radius 3 is 2.33 bits per heavy atom. The number of aliphatic imine (C=N–C) groups is 1. The summed E-state index contributed by atoms with van der Waals surface area (Å²) < 4.78 is 0. The van der Waals surface area contributed by atoms with Crippen molar-refractivity contribution in [2.24, 2.45) is 16.3 Å². The van der Waals surface area contributed by atoms with E-state index >= 15 is 0 Å². The molecule has 3 rings (SSSR count). The van der Waals surface area contributed by atoms with Crippen molar-refractivity contribution in [2.75, 3.05) is 13.1 Å². The van der Waals surface area contributed by atoms with Crippen LogP contribution in [0.5, 0.6) is 0 Å². The molecule has 0 aromatic carbocycles. The normalized spacial score (nSPS) is 31.2. The first-order valence-electron chi connectivity index (χ1n) is 8.45. The van der Waals surface area contributed by atoms with Gasteiger partial charge < -0.3 is 15.7 Å². The Hall–Kier alpha value is -0.0400. The Balaban J connectivity index is 0.00000161. The molecule has 0 bridgehead atoms. The molecule has 21 heavy (non-hydrogen) atoms. The third kappa shape index (κ3) is 4.71. The van der Waals surface area contributed by atoms with E-state index in [2.05, 4.69) is 17.6 Å². The van der Waals surface area contributed by atoms with Crippen molar-refractivity contribution in [1.29, 1.82) is 0 Å². The van der Waals surface area contributed by atoms with Crippen LogP contribution < -0.4 is 10.6 Å². The van der Waals surface area contributed by atoms with E-state index in [0.717, 1.165) is 50.7 Å². The minimum absolute atomic E-state index is 0. The van der Waals surface area contributed by atoms with Gasteiger partial charge in [0.05, 0.1) is 6.10 Å². The van der Waals surface area contributed by atoms with Gasteiger partial charge in [-0.15, -0.1) is 24.0 Å². The molecule has 4 nitrogen and oxygen atoms in total. The van der Waals surface area contributed by atoms with Crippen LogP contribution in [0, 0.1) is 11.3 Å². The number of guanidine groups is 1. The molecule has 0 amide bonds. The molecule has 0 aromatic heterocycles. The predicted molar refractivity (Wildman–Crippen MR) is 97.2 cm³/mol. The van der Waals surface area contributed by atoms with Crippen molar-refractivity contribution < 1.29 is 5.11 Å². The summed E-state index contributed by atoms with van der Waals surface area (Å²) in [5.74, 6) is 1.96. The van der Waals surface area contributed by atoms with Crippen LogP contribution in [0.4, 0.5) is 0 Å². The lowest BCUT2D eigenvalue weighted by molar-refractivity contribution is 0.120. The lowest BCUT2D eigenvalue weighted by Gasteiger charge is -2.28. The van der Waals surface area contributed by atoms with E-state index in [-0.39, 0.29) is 30.1 Å². The van der Waals surface area contributed by atoms with Crippen LogP contribution in [0.15, 0.2) is 4.99 Å². The molecule has 0 radical (unpaired) electrons. The number of aliphatic hydroxyl groups excluding tert-OH is 1. The Bertz CT molecular complexity index is 359. The molecule has 5 heteroatoms. The van der Waals surface area contributed by atoms with Crippen LogP contribution in [0.2, 0.25) is 0 Å². The van der Waals surface area contributed by atoms with E-state index in [4.69, 9.17) is 4.99 Å². The summed E-state index contributed by atoms with van der Waals surface area (Å²) in [7, 11) is 0. The highest BCUT2D eigenvalue weighted by Crippen LogP contribution is 2.61.